The summed E-state index contributed by atoms with van der Waals surface area (Å²) in [6.45, 7) is 1.94. The van der Waals surface area contributed by atoms with Crippen LogP contribution in [0.5, 0.6) is 0 Å². The Labute approximate surface area is 158 Å². The molecule has 1 aliphatic heterocycles. The van der Waals surface area contributed by atoms with E-state index >= 15 is 0 Å². The van der Waals surface area contributed by atoms with Crippen molar-refractivity contribution in [1.82, 2.24) is 5.32 Å². The van der Waals surface area contributed by atoms with Gasteiger partial charge in [0.1, 0.15) is 0 Å². The number of carbonyl (C=O) groups excluding carboxylic acids is 3. The number of amides is 2. The fourth-order valence-electron chi connectivity index (χ4n) is 4.25. The predicted molar refractivity (Wildman–Crippen MR) is 103 cm³/mol. The lowest BCUT2D eigenvalue weighted by atomic mass is 9.81. The van der Waals surface area contributed by atoms with Crippen LogP contribution in [0, 0.1) is 0 Å². The van der Waals surface area contributed by atoms with Gasteiger partial charge in [0, 0.05) is 31.1 Å². The number of anilines is 1. The second-order valence-electron chi connectivity index (χ2n) is 7.28. The van der Waals surface area contributed by atoms with Crippen molar-refractivity contribution in [2.45, 2.75) is 38.1 Å². The van der Waals surface area contributed by atoms with Gasteiger partial charge in [-0.2, -0.15) is 0 Å². The first-order valence-electron chi connectivity index (χ1n) is 9.33. The summed E-state index contributed by atoms with van der Waals surface area (Å²) in [4.78, 5) is 39.1. The molecule has 1 aliphatic carbocycles. The molecule has 5 heteroatoms. The molecule has 0 spiro atoms. The zero-order chi connectivity index (χ0) is 19.0. The average Bonchev–Trinajstić information content (AvgIpc) is 2.67. The van der Waals surface area contributed by atoms with Crippen LogP contribution in [0.3, 0.4) is 0 Å². The lowest BCUT2D eigenvalue weighted by Gasteiger charge is -2.37. The van der Waals surface area contributed by atoms with E-state index < -0.39 is 0 Å². The van der Waals surface area contributed by atoms with Crippen molar-refractivity contribution in [3.63, 3.8) is 0 Å². The molecule has 2 aromatic carbocycles. The van der Waals surface area contributed by atoms with Gasteiger partial charge in [-0.05, 0) is 30.0 Å². The van der Waals surface area contributed by atoms with Crippen LogP contribution >= 0.6 is 0 Å². The predicted octanol–water partition coefficient (Wildman–Crippen LogP) is 2.84. The maximum atomic E-state index is 13.5. The molecule has 2 amide bonds. The highest BCUT2D eigenvalue weighted by Gasteiger charge is 2.36. The van der Waals surface area contributed by atoms with Gasteiger partial charge >= 0.3 is 0 Å². The topological polar surface area (TPSA) is 66.5 Å². The fourth-order valence-corrected chi connectivity index (χ4v) is 4.25. The van der Waals surface area contributed by atoms with E-state index in [1.165, 1.54) is 6.92 Å². The van der Waals surface area contributed by atoms with Crippen LogP contribution in [0.4, 0.5) is 5.69 Å². The minimum atomic E-state index is -0.331. The molecule has 138 valence electrons. The SMILES string of the molecule is CC(=O)NC1Cc2ccccc2N(C(=O)C2CCC(=O)c3ccccc32)C1. The number of Topliss-reactive ketones (excluding diaryl/α,β-unsaturated/α-hetero) is 1. The number of rotatable bonds is 2. The Hall–Kier alpha value is -2.95. The number of carbonyl (C=O) groups is 3. The molecular weight excluding hydrogens is 340 g/mol. The van der Waals surface area contributed by atoms with Gasteiger partial charge in [-0.15, -0.1) is 0 Å². The number of benzene rings is 2. The van der Waals surface area contributed by atoms with E-state index in [0.29, 0.717) is 31.4 Å². The van der Waals surface area contributed by atoms with E-state index in [9.17, 15) is 14.4 Å². The lowest BCUT2D eigenvalue weighted by molar-refractivity contribution is -0.122. The van der Waals surface area contributed by atoms with E-state index in [1.54, 1.807) is 11.0 Å². The third-order valence-electron chi connectivity index (χ3n) is 5.42. The molecule has 0 aromatic heterocycles. The zero-order valence-electron chi connectivity index (χ0n) is 15.3. The third kappa shape index (κ3) is 3.25. The summed E-state index contributed by atoms with van der Waals surface area (Å²) in [6, 6.07) is 15.1. The van der Waals surface area contributed by atoms with Crippen LogP contribution in [0.2, 0.25) is 0 Å². The van der Waals surface area contributed by atoms with Gasteiger partial charge in [0.05, 0.1) is 12.0 Å². The maximum absolute atomic E-state index is 13.5. The summed E-state index contributed by atoms with van der Waals surface area (Å²) in [7, 11) is 0. The molecule has 0 saturated heterocycles. The largest absolute Gasteiger partial charge is 0.351 e. The molecule has 0 fully saturated rings. The van der Waals surface area contributed by atoms with E-state index in [4.69, 9.17) is 0 Å². The molecule has 4 rings (SSSR count). The highest BCUT2D eigenvalue weighted by molar-refractivity contribution is 6.05. The van der Waals surface area contributed by atoms with Gasteiger partial charge in [-0.3, -0.25) is 14.4 Å². The Morgan fingerprint density at radius 1 is 1.07 bits per heavy atom. The monoisotopic (exact) mass is 362 g/mol. The standard InChI is InChI=1S/C22H22N2O3/c1-14(25)23-16-12-15-6-2-5-9-20(15)24(13-16)22(27)19-10-11-21(26)18-8-4-3-7-17(18)19/h2-9,16,19H,10-13H2,1H3,(H,23,25). The second-order valence-corrected chi connectivity index (χ2v) is 7.28. The summed E-state index contributed by atoms with van der Waals surface area (Å²) < 4.78 is 0. The van der Waals surface area contributed by atoms with Crippen LogP contribution in [-0.4, -0.2) is 30.2 Å². The Bertz CT molecular complexity index is 921. The van der Waals surface area contributed by atoms with Crippen LogP contribution in [-0.2, 0) is 16.0 Å². The summed E-state index contributed by atoms with van der Waals surface area (Å²) in [5, 5.41) is 2.95. The number of nitrogens with zero attached hydrogens (tertiary/aromatic N) is 1. The first-order chi connectivity index (χ1) is 13.0. The van der Waals surface area contributed by atoms with Crippen molar-refractivity contribution < 1.29 is 14.4 Å². The van der Waals surface area contributed by atoms with Gasteiger partial charge < -0.3 is 10.2 Å². The van der Waals surface area contributed by atoms with Crippen molar-refractivity contribution in [2.75, 3.05) is 11.4 Å². The first-order valence-corrected chi connectivity index (χ1v) is 9.33. The Morgan fingerprint density at radius 2 is 1.81 bits per heavy atom. The molecule has 27 heavy (non-hydrogen) atoms. The number of hydrogen-bond acceptors (Lipinski definition) is 3. The average molecular weight is 362 g/mol. The highest BCUT2D eigenvalue weighted by Crippen LogP contribution is 2.36. The molecular formula is C22H22N2O3. The van der Waals surface area contributed by atoms with Crippen molar-refractivity contribution >= 4 is 23.3 Å². The van der Waals surface area contributed by atoms with E-state index in [1.807, 2.05) is 42.5 Å². The van der Waals surface area contributed by atoms with Gasteiger partial charge in [-0.25, -0.2) is 0 Å². The molecule has 5 nitrogen and oxygen atoms in total. The number of fused-ring (bicyclic) bond motifs is 2. The van der Waals surface area contributed by atoms with E-state index in [0.717, 1.165) is 16.8 Å². The molecule has 2 unspecified atom stereocenters. The Kier molecular flexibility index (Phi) is 4.52. The van der Waals surface area contributed by atoms with Crippen molar-refractivity contribution in [3.05, 3.63) is 65.2 Å². The Morgan fingerprint density at radius 3 is 2.63 bits per heavy atom. The van der Waals surface area contributed by atoms with Crippen LogP contribution in [0.25, 0.3) is 0 Å². The number of ketones is 1. The molecule has 2 aromatic rings. The normalized spacial score (nSPS) is 21.2. The molecule has 0 bridgehead atoms. The van der Waals surface area contributed by atoms with Crippen LogP contribution in [0.1, 0.15) is 47.2 Å². The van der Waals surface area contributed by atoms with Gasteiger partial charge in [0.25, 0.3) is 0 Å². The summed E-state index contributed by atoms with van der Waals surface area (Å²) >= 11 is 0. The first kappa shape index (κ1) is 17.5. The molecule has 2 atom stereocenters. The van der Waals surface area contributed by atoms with E-state index in [-0.39, 0.29) is 29.6 Å². The van der Waals surface area contributed by atoms with Crippen LogP contribution < -0.4 is 10.2 Å². The molecule has 0 radical (unpaired) electrons. The van der Waals surface area contributed by atoms with Crippen molar-refractivity contribution in [1.29, 1.82) is 0 Å². The van der Waals surface area contributed by atoms with Gasteiger partial charge in [0.2, 0.25) is 11.8 Å². The Balaban J connectivity index is 1.70. The smallest absolute Gasteiger partial charge is 0.234 e. The number of nitrogens with one attached hydrogen (secondary N) is 1. The van der Waals surface area contributed by atoms with Crippen molar-refractivity contribution in [3.8, 4) is 0 Å². The highest BCUT2D eigenvalue weighted by atomic mass is 16.2. The zero-order valence-corrected chi connectivity index (χ0v) is 15.3. The minimum Gasteiger partial charge on any atom is -0.351 e. The van der Waals surface area contributed by atoms with E-state index in [2.05, 4.69) is 5.32 Å². The quantitative estimate of drug-likeness (QED) is 0.893. The molecule has 0 saturated carbocycles. The maximum Gasteiger partial charge on any atom is 0.234 e. The summed E-state index contributed by atoms with van der Waals surface area (Å²) in [5.74, 6) is -0.328. The summed E-state index contributed by atoms with van der Waals surface area (Å²) in [5.41, 5.74) is 3.43. The number of hydrogen-bond donors (Lipinski definition) is 1. The van der Waals surface area contributed by atoms with Gasteiger partial charge in [-0.1, -0.05) is 42.5 Å². The molecule has 1 heterocycles. The van der Waals surface area contributed by atoms with Crippen LogP contribution in [0.15, 0.2) is 48.5 Å². The summed E-state index contributed by atoms with van der Waals surface area (Å²) in [6.07, 6.45) is 1.62. The number of para-hydroxylation sites is 1. The molecule has 1 N–H and O–H groups in total. The minimum absolute atomic E-state index is 0.00236. The fraction of sp³-hybridized carbons (Fsp3) is 0.318. The van der Waals surface area contributed by atoms with Gasteiger partial charge in [0.15, 0.2) is 5.78 Å². The molecule has 2 aliphatic rings. The van der Waals surface area contributed by atoms with Crippen molar-refractivity contribution in [2.24, 2.45) is 0 Å². The lowest BCUT2D eigenvalue weighted by Crippen LogP contribution is -2.51. The second kappa shape index (κ2) is 6.99. The third-order valence-corrected chi connectivity index (χ3v) is 5.42.